The minimum atomic E-state index is -0.658. The number of nitrogens with one attached hydrogen (secondary N) is 1. The van der Waals surface area contributed by atoms with E-state index in [4.69, 9.17) is 0 Å². The largest absolute Gasteiger partial charge is 0.394 e. The van der Waals surface area contributed by atoms with Gasteiger partial charge in [0.1, 0.15) is 0 Å². The van der Waals surface area contributed by atoms with Crippen molar-refractivity contribution in [2.75, 3.05) is 6.61 Å². The number of aliphatic hydroxyl groups is 2. The zero-order chi connectivity index (χ0) is 39.3. The molecule has 1 amide bonds. The molecule has 54 heavy (non-hydrogen) atoms. The van der Waals surface area contributed by atoms with Crippen LogP contribution in [0.1, 0.15) is 271 Å². The topological polar surface area (TPSA) is 69.6 Å². The number of unbranched alkanes of at least 4 members (excludes halogenated alkanes) is 34. The molecule has 0 saturated carbocycles. The normalized spacial score (nSPS) is 13.0. The van der Waals surface area contributed by atoms with Crippen molar-refractivity contribution >= 4 is 5.91 Å². The Balaban J connectivity index is 3.47. The number of hydrogen-bond donors (Lipinski definition) is 3. The summed E-state index contributed by atoms with van der Waals surface area (Å²) >= 11 is 0. The predicted molar refractivity (Wildman–Crippen MR) is 239 cm³/mol. The van der Waals surface area contributed by atoms with Crippen LogP contribution in [0.3, 0.4) is 0 Å². The minimum absolute atomic E-state index is 0.0310. The Kier molecular flexibility index (Phi) is 45.3. The number of carbonyl (C=O) groups is 1. The molecule has 0 saturated heterocycles. The molecule has 0 aromatic carbocycles. The number of allylic oxidation sites excluding steroid dienone is 4. The Hall–Kier alpha value is -1.13. The summed E-state index contributed by atoms with van der Waals surface area (Å²) in [6, 6.07) is -0.535. The van der Waals surface area contributed by atoms with E-state index in [0.29, 0.717) is 12.8 Å². The highest BCUT2D eigenvalue weighted by Gasteiger charge is 2.20. The zero-order valence-electron chi connectivity index (χ0n) is 36.8. The van der Waals surface area contributed by atoms with Crippen LogP contribution in [0.2, 0.25) is 0 Å². The Morgan fingerprint density at radius 1 is 0.444 bits per heavy atom. The van der Waals surface area contributed by atoms with Crippen LogP contribution in [0.25, 0.3) is 0 Å². The van der Waals surface area contributed by atoms with Gasteiger partial charge in [-0.25, -0.2) is 0 Å². The molecule has 0 aromatic heterocycles. The Labute approximate surface area is 339 Å². The maximum absolute atomic E-state index is 12.4. The lowest BCUT2D eigenvalue weighted by Crippen LogP contribution is -2.45. The molecule has 2 atom stereocenters. The van der Waals surface area contributed by atoms with Crippen molar-refractivity contribution in [3.05, 3.63) is 24.3 Å². The Morgan fingerprint density at radius 2 is 0.759 bits per heavy atom. The smallest absolute Gasteiger partial charge is 0.220 e. The van der Waals surface area contributed by atoms with E-state index in [1.54, 1.807) is 0 Å². The van der Waals surface area contributed by atoms with Crippen molar-refractivity contribution in [3.63, 3.8) is 0 Å². The zero-order valence-corrected chi connectivity index (χ0v) is 36.8. The molecule has 0 aliphatic carbocycles. The van der Waals surface area contributed by atoms with Crippen LogP contribution in [0.4, 0.5) is 0 Å². The molecule has 0 fully saturated rings. The fourth-order valence-electron chi connectivity index (χ4n) is 7.69. The van der Waals surface area contributed by atoms with Crippen LogP contribution >= 0.6 is 0 Å². The van der Waals surface area contributed by atoms with Crippen LogP contribution < -0.4 is 5.32 Å². The number of hydrogen-bond acceptors (Lipinski definition) is 3. The maximum atomic E-state index is 12.4. The van der Waals surface area contributed by atoms with Crippen molar-refractivity contribution in [1.29, 1.82) is 0 Å². The van der Waals surface area contributed by atoms with Crippen LogP contribution in [0, 0.1) is 0 Å². The van der Waals surface area contributed by atoms with E-state index in [-0.39, 0.29) is 12.5 Å². The van der Waals surface area contributed by atoms with Gasteiger partial charge in [-0.1, -0.05) is 244 Å². The van der Waals surface area contributed by atoms with Gasteiger partial charge in [-0.3, -0.25) is 4.79 Å². The van der Waals surface area contributed by atoms with Gasteiger partial charge in [-0.15, -0.1) is 0 Å². The van der Waals surface area contributed by atoms with Crippen molar-refractivity contribution in [1.82, 2.24) is 5.32 Å². The summed E-state index contributed by atoms with van der Waals surface area (Å²) in [7, 11) is 0. The summed E-state index contributed by atoms with van der Waals surface area (Å²) in [6.45, 7) is 4.37. The van der Waals surface area contributed by atoms with Gasteiger partial charge in [0, 0.05) is 6.42 Å². The molecule has 2 unspecified atom stereocenters. The third kappa shape index (κ3) is 42.0. The first-order chi connectivity index (χ1) is 26.7. The summed E-state index contributed by atoms with van der Waals surface area (Å²) in [5.41, 5.74) is 0. The lowest BCUT2D eigenvalue weighted by Gasteiger charge is -2.22. The van der Waals surface area contributed by atoms with Crippen molar-refractivity contribution in [2.45, 2.75) is 283 Å². The number of carbonyl (C=O) groups excluding carboxylic acids is 1. The van der Waals surface area contributed by atoms with Gasteiger partial charge in [0.2, 0.25) is 5.91 Å². The standard InChI is InChI=1S/C50H97NO3/c1-3-5-7-9-11-13-15-17-19-20-21-22-23-24-25-26-27-28-29-30-32-34-36-38-40-42-44-46-50(54)51-48(47-52)49(53)45-43-41-39-37-35-33-31-18-16-14-12-10-8-6-4-2/h21-22,24-25,48-49,52-53H,3-20,23,26-47H2,1-2H3,(H,51,54)/b22-21-,25-24-. The second kappa shape index (κ2) is 46.3. The van der Waals surface area contributed by atoms with Crippen molar-refractivity contribution in [2.24, 2.45) is 0 Å². The number of rotatable bonds is 45. The van der Waals surface area contributed by atoms with E-state index in [1.807, 2.05) is 0 Å². The molecule has 0 radical (unpaired) electrons. The van der Waals surface area contributed by atoms with E-state index in [9.17, 15) is 15.0 Å². The lowest BCUT2D eigenvalue weighted by molar-refractivity contribution is -0.123. The third-order valence-electron chi connectivity index (χ3n) is 11.5. The third-order valence-corrected chi connectivity index (χ3v) is 11.5. The highest BCUT2D eigenvalue weighted by molar-refractivity contribution is 5.76. The fourth-order valence-corrected chi connectivity index (χ4v) is 7.69. The van der Waals surface area contributed by atoms with E-state index in [0.717, 1.165) is 32.1 Å². The van der Waals surface area contributed by atoms with Crippen molar-refractivity contribution in [3.8, 4) is 0 Å². The average molecular weight is 760 g/mol. The van der Waals surface area contributed by atoms with Crippen LogP contribution in [0.15, 0.2) is 24.3 Å². The predicted octanol–water partition coefficient (Wildman–Crippen LogP) is 15.6. The van der Waals surface area contributed by atoms with Gasteiger partial charge < -0.3 is 15.5 Å². The highest BCUT2D eigenvalue weighted by atomic mass is 16.3. The van der Waals surface area contributed by atoms with Gasteiger partial charge in [0.25, 0.3) is 0 Å². The van der Waals surface area contributed by atoms with Gasteiger partial charge in [-0.2, -0.15) is 0 Å². The van der Waals surface area contributed by atoms with E-state index < -0.39 is 12.1 Å². The summed E-state index contributed by atoms with van der Waals surface area (Å²) < 4.78 is 0. The van der Waals surface area contributed by atoms with E-state index >= 15 is 0 Å². The summed E-state index contributed by atoms with van der Waals surface area (Å²) in [4.78, 5) is 12.4. The van der Waals surface area contributed by atoms with E-state index in [2.05, 4.69) is 43.5 Å². The molecule has 0 heterocycles. The molecule has 0 bridgehead atoms. The van der Waals surface area contributed by atoms with Gasteiger partial charge in [0.15, 0.2) is 0 Å². The first kappa shape index (κ1) is 52.9. The lowest BCUT2D eigenvalue weighted by atomic mass is 10.0. The molecule has 0 aromatic rings. The molecule has 0 rings (SSSR count). The highest BCUT2D eigenvalue weighted by Crippen LogP contribution is 2.16. The molecule has 320 valence electrons. The molecule has 0 aliphatic heterocycles. The van der Waals surface area contributed by atoms with Gasteiger partial charge in [0.05, 0.1) is 18.8 Å². The first-order valence-electron chi connectivity index (χ1n) is 24.5. The summed E-state index contributed by atoms with van der Waals surface area (Å²) in [5.74, 6) is -0.0310. The maximum Gasteiger partial charge on any atom is 0.220 e. The Morgan fingerprint density at radius 3 is 1.11 bits per heavy atom. The molecule has 4 heteroatoms. The van der Waals surface area contributed by atoms with Gasteiger partial charge >= 0.3 is 0 Å². The molecule has 3 N–H and O–H groups in total. The quantitative estimate of drug-likeness (QED) is 0.0428. The first-order valence-corrected chi connectivity index (χ1v) is 24.5. The van der Waals surface area contributed by atoms with Gasteiger partial charge in [-0.05, 0) is 44.9 Å². The number of aliphatic hydroxyl groups excluding tert-OH is 2. The molecular formula is C50H97NO3. The fraction of sp³-hybridized carbons (Fsp3) is 0.900. The molecule has 0 aliphatic rings. The summed E-state index contributed by atoms with van der Waals surface area (Å²) in [5, 5.41) is 23.2. The summed E-state index contributed by atoms with van der Waals surface area (Å²) in [6.07, 6.45) is 59.9. The van der Waals surface area contributed by atoms with Crippen LogP contribution in [-0.2, 0) is 4.79 Å². The van der Waals surface area contributed by atoms with E-state index in [1.165, 1.54) is 212 Å². The Bertz CT molecular complexity index is 780. The monoisotopic (exact) mass is 760 g/mol. The molecule has 4 nitrogen and oxygen atoms in total. The SMILES string of the molecule is CCCCCCCCCCC/C=C\C/C=C\CCCCCCCCCCCCCC(=O)NC(CO)C(O)CCCCCCCCCCCCCCCCC. The minimum Gasteiger partial charge on any atom is -0.394 e. The second-order valence-electron chi connectivity index (χ2n) is 16.9. The number of amides is 1. The van der Waals surface area contributed by atoms with Crippen LogP contribution in [-0.4, -0.2) is 34.9 Å². The molecule has 0 spiro atoms. The second-order valence-corrected chi connectivity index (χ2v) is 16.9. The van der Waals surface area contributed by atoms with Crippen molar-refractivity contribution < 1.29 is 15.0 Å². The average Bonchev–Trinajstić information content (AvgIpc) is 3.18. The molecular weight excluding hydrogens is 663 g/mol. The van der Waals surface area contributed by atoms with Crippen LogP contribution in [0.5, 0.6) is 0 Å².